The summed E-state index contributed by atoms with van der Waals surface area (Å²) in [6.45, 7) is 8.11. The number of nitrogen functional groups attached to an aromatic ring is 1. The number of nitrogens with zero attached hydrogens (tertiary/aromatic N) is 1. The topological polar surface area (TPSA) is 67.6 Å². The van der Waals surface area contributed by atoms with Gasteiger partial charge in [-0.1, -0.05) is 19.1 Å². The minimum atomic E-state index is -0.136. The second-order valence-electron chi connectivity index (χ2n) is 5.13. The van der Waals surface area contributed by atoms with E-state index in [-0.39, 0.29) is 12.0 Å². The summed E-state index contributed by atoms with van der Waals surface area (Å²) in [5.41, 5.74) is 7.94. The fourth-order valence-electron chi connectivity index (χ4n) is 2.37. The number of benzene rings is 1. The van der Waals surface area contributed by atoms with E-state index in [1.165, 1.54) is 0 Å². The maximum absolute atomic E-state index is 12.2. The highest BCUT2D eigenvalue weighted by Crippen LogP contribution is 2.16. The summed E-state index contributed by atoms with van der Waals surface area (Å²) in [5.74, 6) is -0.136. The van der Waals surface area contributed by atoms with Crippen molar-refractivity contribution in [3.05, 3.63) is 29.3 Å². The van der Waals surface area contributed by atoms with Crippen molar-refractivity contribution in [3.63, 3.8) is 0 Å². The molecule has 1 heterocycles. The van der Waals surface area contributed by atoms with Crippen molar-refractivity contribution in [1.82, 2.24) is 10.2 Å². The van der Waals surface area contributed by atoms with Gasteiger partial charge < -0.3 is 15.8 Å². The fourth-order valence-corrected chi connectivity index (χ4v) is 2.37. The van der Waals surface area contributed by atoms with Gasteiger partial charge in [0.1, 0.15) is 0 Å². The summed E-state index contributed by atoms with van der Waals surface area (Å²) in [6.07, 6.45) is 0.0543. The minimum absolute atomic E-state index is 0.0543. The molecule has 1 unspecified atom stereocenters. The van der Waals surface area contributed by atoms with Crippen LogP contribution in [0.4, 0.5) is 5.69 Å². The van der Waals surface area contributed by atoms with Gasteiger partial charge in [-0.3, -0.25) is 9.69 Å². The number of carbonyl (C=O) groups excluding carboxylic acids is 1. The molecule has 1 aliphatic rings. The molecule has 0 bridgehead atoms. The summed E-state index contributed by atoms with van der Waals surface area (Å²) in [4.78, 5) is 14.5. The number of likely N-dealkylation sites (N-methyl/N-ethyl adjacent to an activating group) is 1. The first-order valence-electron chi connectivity index (χ1n) is 7.09. The number of nitrogens with two attached hydrogens (primary N) is 1. The molecule has 1 aromatic carbocycles. The Balaban J connectivity index is 1.90. The molecule has 1 fully saturated rings. The first-order chi connectivity index (χ1) is 9.61. The number of ether oxygens (including phenoxy) is 1. The van der Waals surface area contributed by atoms with E-state index < -0.39 is 0 Å². The number of nitrogens with one attached hydrogen (secondary N) is 1. The van der Waals surface area contributed by atoms with Gasteiger partial charge in [0.2, 0.25) is 0 Å². The largest absolute Gasteiger partial charge is 0.398 e. The Labute approximate surface area is 120 Å². The second-order valence-corrected chi connectivity index (χ2v) is 5.13. The van der Waals surface area contributed by atoms with Crippen LogP contribution in [-0.2, 0) is 4.74 Å². The normalized spacial score (nSPS) is 19.8. The molecule has 1 atom stereocenters. The van der Waals surface area contributed by atoms with Crippen molar-refractivity contribution in [2.24, 2.45) is 0 Å². The first-order valence-corrected chi connectivity index (χ1v) is 7.09. The summed E-state index contributed by atoms with van der Waals surface area (Å²) in [6, 6.07) is 5.49. The Morgan fingerprint density at radius 3 is 3.10 bits per heavy atom. The Morgan fingerprint density at radius 2 is 2.35 bits per heavy atom. The molecule has 2 rings (SSSR count). The van der Waals surface area contributed by atoms with Crippen LogP contribution in [0.2, 0.25) is 0 Å². The molecule has 5 nitrogen and oxygen atoms in total. The third-order valence-electron chi connectivity index (χ3n) is 3.73. The highest BCUT2D eigenvalue weighted by atomic mass is 16.5. The van der Waals surface area contributed by atoms with Gasteiger partial charge in [0, 0.05) is 25.3 Å². The summed E-state index contributed by atoms with van der Waals surface area (Å²) < 4.78 is 5.66. The van der Waals surface area contributed by atoms with Gasteiger partial charge in [-0.25, -0.2) is 0 Å². The van der Waals surface area contributed by atoms with E-state index in [0.29, 0.717) is 17.8 Å². The van der Waals surface area contributed by atoms with Crippen LogP contribution in [0, 0.1) is 6.92 Å². The van der Waals surface area contributed by atoms with Crippen LogP contribution in [0.25, 0.3) is 0 Å². The van der Waals surface area contributed by atoms with Gasteiger partial charge in [-0.05, 0) is 25.1 Å². The molecule has 3 N–H and O–H groups in total. The highest BCUT2D eigenvalue weighted by Gasteiger charge is 2.20. The van der Waals surface area contributed by atoms with Gasteiger partial charge in [0.15, 0.2) is 0 Å². The fraction of sp³-hybridized carbons (Fsp3) is 0.533. The van der Waals surface area contributed by atoms with E-state index in [1.54, 1.807) is 6.07 Å². The minimum Gasteiger partial charge on any atom is -0.398 e. The number of aryl methyl sites for hydroxylation is 1. The smallest absolute Gasteiger partial charge is 0.253 e. The van der Waals surface area contributed by atoms with E-state index in [2.05, 4.69) is 17.1 Å². The van der Waals surface area contributed by atoms with E-state index in [9.17, 15) is 4.79 Å². The SMILES string of the molecule is CCN1CCOC(CNC(=O)c2cccc(C)c2N)C1. The molecule has 0 spiro atoms. The average Bonchev–Trinajstić information content (AvgIpc) is 2.48. The monoisotopic (exact) mass is 277 g/mol. The van der Waals surface area contributed by atoms with Crippen molar-refractivity contribution >= 4 is 11.6 Å². The Morgan fingerprint density at radius 1 is 1.55 bits per heavy atom. The summed E-state index contributed by atoms with van der Waals surface area (Å²) in [5, 5.41) is 2.91. The van der Waals surface area contributed by atoms with Crippen molar-refractivity contribution in [1.29, 1.82) is 0 Å². The molecular formula is C15H23N3O2. The Bertz CT molecular complexity index is 476. The molecule has 0 saturated carbocycles. The molecule has 0 aliphatic carbocycles. The third-order valence-corrected chi connectivity index (χ3v) is 3.73. The van der Waals surface area contributed by atoms with Crippen LogP contribution in [0.1, 0.15) is 22.8 Å². The number of para-hydroxylation sites is 1. The second kappa shape index (κ2) is 6.72. The number of morpholine rings is 1. The molecule has 5 heteroatoms. The first kappa shape index (κ1) is 14.8. The molecule has 0 radical (unpaired) electrons. The van der Waals surface area contributed by atoms with Gasteiger partial charge in [0.25, 0.3) is 5.91 Å². The summed E-state index contributed by atoms with van der Waals surface area (Å²) >= 11 is 0. The number of rotatable bonds is 4. The van der Waals surface area contributed by atoms with Crippen molar-refractivity contribution < 1.29 is 9.53 Å². The number of hydrogen-bond donors (Lipinski definition) is 2. The van der Waals surface area contributed by atoms with Crippen LogP contribution in [0.5, 0.6) is 0 Å². The lowest BCUT2D eigenvalue weighted by Gasteiger charge is -2.32. The number of amides is 1. The van der Waals surface area contributed by atoms with E-state index in [0.717, 1.165) is 31.8 Å². The predicted molar refractivity (Wildman–Crippen MR) is 79.8 cm³/mol. The molecule has 1 saturated heterocycles. The van der Waals surface area contributed by atoms with E-state index in [4.69, 9.17) is 10.5 Å². The average molecular weight is 277 g/mol. The maximum Gasteiger partial charge on any atom is 0.253 e. The zero-order valence-electron chi connectivity index (χ0n) is 12.2. The number of carbonyl (C=O) groups is 1. The Hall–Kier alpha value is -1.59. The molecule has 20 heavy (non-hydrogen) atoms. The van der Waals surface area contributed by atoms with Crippen molar-refractivity contribution in [2.75, 3.05) is 38.5 Å². The Kier molecular flexibility index (Phi) is 4.98. The van der Waals surface area contributed by atoms with Crippen molar-refractivity contribution in [2.45, 2.75) is 20.0 Å². The van der Waals surface area contributed by atoms with Crippen LogP contribution in [0.15, 0.2) is 18.2 Å². The van der Waals surface area contributed by atoms with Crippen LogP contribution >= 0.6 is 0 Å². The molecular weight excluding hydrogens is 254 g/mol. The lowest BCUT2D eigenvalue weighted by atomic mass is 10.1. The molecule has 1 amide bonds. The molecule has 0 aromatic heterocycles. The van der Waals surface area contributed by atoms with Gasteiger partial charge in [-0.15, -0.1) is 0 Å². The van der Waals surface area contributed by atoms with E-state index >= 15 is 0 Å². The standard InChI is InChI=1S/C15H23N3O2/c1-3-18-7-8-20-12(10-18)9-17-15(19)13-6-4-5-11(2)14(13)16/h4-6,12H,3,7-10,16H2,1-2H3,(H,17,19). The molecule has 110 valence electrons. The van der Waals surface area contributed by atoms with Crippen LogP contribution < -0.4 is 11.1 Å². The molecule has 1 aliphatic heterocycles. The van der Waals surface area contributed by atoms with Gasteiger partial charge >= 0.3 is 0 Å². The van der Waals surface area contributed by atoms with Gasteiger partial charge in [-0.2, -0.15) is 0 Å². The van der Waals surface area contributed by atoms with E-state index in [1.807, 2.05) is 19.1 Å². The van der Waals surface area contributed by atoms with Crippen LogP contribution in [0.3, 0.4) is 0 Å². The van der Waals surface area contributed by atoms with Crippen LogP contribution in [-0.4, -0.2) is 49.7 Å². The zero-order valence-corrected chi connectivity index (χ0v) is 12.2. The lowest BCUT2D eigenvalue weighted by molar-refractivity contribution is -0.0246. The zero-order chi connectivity index (χ0) is 14.5. The number of hydrogen-bond acceptors (Lipinski definition) is 4. The highest BCUT2D eigenvalue weighted by molar-refractivity contribution is 5.99. The lowest BCUT2D eigenvalue weighted by Crippen LogP contribution is -2.47. The molecule has 1 aromatic rings. The predicted octanol–water partition coefficient (Wildman–Crippen LogP) is 1.03. The van der Waals surface area contributed by atoms with Crippen molar-refractivity contribution in [3.8, 4) is 0 Å². The summed E-state index contributed by atoms with van der Waals surface area (Å²) in [7, 11) is 0. The van der Waals surface area contributed by atoms with Gasteiger partial charge in [0.05, 0.1) is 18.3 Å². The third kappa shape index (κ3) is 3.49. The maximum atomic E-state index is 12.2. The number of anilines is 1. The quantitative estimate of drug-likeness (QED) is 0.807.